The Bertz CT molecular complexity index is 1550. The molecule has 0 spiro atoms. The van der Waals surface area contributed by atoms with Crippen molar-refractivity contribution < 1.29 is 22.3 Å². The van der Waals surface area contributed by atoms with Gasteiger partial charge < -0.3 is 10.1 Å². The van der Waals surface area contributed by atoms with E-state index in [1.165, 1.54) is 54.6 Å². The van der Waals surface area contributed by atoms with Gasteiger partial charge in [-0.3, -0.25) is 9.52 Å². The Kier molecular flexibility index (Phi) is 8.04. The Labute approximate surface area is 230 Å². The third-order valence-electron chi connectivity index (χ3n) is 4.85. The van der Waals surface area contributed by atoms with Crippen molar-refractivity contribution in [2.75, 3.05) is 10.0 Å². The van der Waals surface area contributed by atoms with E-state index in [0.717, 1.165) is 0 Å². The minimum atomic E-state index is -4.10. The molecule has 4 rings (SSSR count). The molecule has 36 heavy (non-hydrogen) atoms. The lowest BCUT2D eigenvalue weighted by atomic mass is 10.1. The number of amides is 1. The Balaban J connectivity index is 1.56. The van der Waals surface area contributed by atoms with Gasteiger partial charge in [0.15, 0.2) is 0 Å². The molecular formula is C25H16Cl2FIN2O4S. The molecule has 6 nitrogen and oxygen atoms in total. The second-order valence-corrected chi connectivity index (χ2v) is 11.1. The number of carbonyl (C=O) groups is 1. The predicted octanol–water partition coefficient (Wildman–Crippen LogP) is 7.58. The number of nitrogens with one attached hydrogen (secondary N) is 2. The van der Waals surface area contributed by atoms with Crippen LogP contribution in [-0.2, 0) is 10.0 Å². The monoisotopic (exact) mass is 656 g/mol. The summed E-state index contributed by atoms with van der Waals surface area (Å²) in [4.78, 5) is 12.8. The molecule has 1 amide bonds. The SMILES string of the molecule is O=C(Nc1ccc(I)cc1F)c1cc(Cl)ccc1NS(=O)(=O)c1ccc(Oc2ccccc2Cl)cc1. The van der Waals surface area contributed by atoms with Crippen LogP contribution in [0.15, 0.2) is 89.8 Å². The number of hydrogen-bond acceptors (Lipinski definition) is 4. The molecule has 0 saturated carbocycles. The quantitative estimate of drug-likeness (QED) is 0.201. The highest BCUT2D eigenvalue weighted by atomic mass is 127. The summed E-state index contributed by atoms with van der Waals surface area (Å²) in [6, 6.07) is 20.9. The highest BCUT2D eigenvalue weighted by molar-refractivity contribution is 14.1. The van der Waals surface area contributed by atoms with Gasteiger partial charge in [0.05, 0.1) is 26.9 Å². The van der Waals surface area contributed by atoms with Gasteiger partial charge in [0.25, 0.3) is 15.9 Å². The summed E-state index contributed by atoms with van der Waals surface area (Å²) in [5.74, 6) is -0.556. The molecule has 0 unspecified atom stereocenters. The van der Waals surface area contributed by atoms with Crippen molar-refractivity contribution >= 4 is 73.1 Å². The Morgan fingerprint density at radius 3 is 2.28 bits per heavy atom. The van der Waals surface area contributed by atoms with E-state index in [9.17, 15) is 17.6 Å². The zero-order chi connectivity index (χ0) is 25.9. The predicted molar refractivity (Wildman–Crippen MR) is 147 cm³/mol. The summed E-state index contributed by atoms with van der Waals surface area (Å²) >= 11 is 14.1. The molecule has 0 aliphatic heterocycles. The van der Waals surface area contributed by atoms with E-state index in [1.807, 2.05) is 22.6 Å². The van der Waals surface area contributed by atoms with E-state index in [0.29, 0.717) is 20.1 Å². The van der Waals surface area contributed by atoms with Crippen LogP contribution in [-0.4, -0.2) is 14.3 Å². The van der Waals surface area contributed by atoms with E-state index in [2.05, 4.69) is 10.0 Å². The van der Waals surface area contributed by atoms with Crippen molar-refractivity contribution in [3.8, 4) is 11.5 Å². The molecule has 0 aliphatic carbocycles. The van der Waals surface area contributed by atoms with Crippen molar-refractivity contribution in [3.05, 3.63) is 110 Å². The maximum absolute atomic E-state index is 14.2. The third kappa shape index (κ3) is 6.28. The number of halogens is 4. The van der Waals surface area contributed by atoms with Gasteiger partial charge in [-0.2, -0.15) is 0 Å². The molecule has 2 N–H and O–H groups in total. The topological polar surface area (TPSA) is 84.5 Å². The van der Waals surface area contributed by atoms with Crippen LogP contribution in [0.1, 0.15) is 10.4 Å². The summed E-state index contributed by atoms with van der Waals surface area (Å²) in [6.07, 6.45) is 0. The summed E-state index contributed by atoms with van der Waals surface area (Å²) < 4.78 is 49.0. The summed E-state index contributed by atoms with van der Waals surface area (Å²) in [7, 11) is -4.10. The minimum Gasteiger partial charge on any atom is -0.456 e. The largest absolute Gasteiger partial charge is 0.456 e. The van der Waals surface area contributed by atoms with Crippen molar-refractivity contribution in [2.45, 2.75) is 4.90 Å². The fraction of sp³-hybridized carbons (Fsp3) is 0. The zero-order valence-electron chi connectivity index (χ0n) is 18.1. The van der Waals surface area contributed by atoms with Crippen molar-refractivity contribution in [2.24, 2.45) is 0 Å². The number of ether oxygens (including phenoxy) is 1. The highest BCUT2D eigenvalue weighted by Crippen LogP contribution is 2.30. The lowest BCUT2D eigenvalue weighted by Crippen LogP contribution is -2.19. The summed E-state index contributed by atoms with van der Waals surface area (Å²) in [5.41, 5.74) is -0.162. The van der Waals surface area contributed by atoms with Crippen molar-refractivity contribution in [1.82, 2.24) is 0 Å². The molecule has 0 atom stereocenters. The standard InChI is InChI=1S/C25H16Cl2FIN2O4S/c26-15-5-11-22(19(13-15)25(32)30-23-12-6-16(29)14-21(23)28)31-36(33,34)18-9-7-17(8-10-18)35-24-4-2-1-3-20(24)27/h1-14,31H,(H,30,32). The van der Waals surface area contributed by atoms with E-state index in [4.69, 9.17) is 27.9 Å². The van der Waals surface area contributed by atoms with Gasteiger partial charge >= 0.3 is 0 Å². The van der Waals surface area contributed by atoms with E-state index < -0.39 is 21.7 Å². The maximum Gasteiger partial charge on any atom is 0.261 e. The first-order chi connectivity index (χ1) is 17.1. The number of carbonyl (C=O) groups excluding carboxylic acids is 1. The van der Waals surface area contributed by atoms with Gasteiger partial charge in [0.1, 0.15) is 17.3 Å². The number of para-hydroxylation sites is 1. The first-order valence-electron chi connectivity index (χ1n) is 10.2. The fourth-order valence-corrected chi connectivity index (χ4v) is 5.00. The smallest absolute Gasteiger partial charge is 0.261 e. The number of sulfonamides is 1. The van der Waals surface area contributed by atoms with E-state index in [1.54, 1.807) is 30.3 Å². The molecule has 0 bridgehead atoms. The Hall–Kier alpha value is -2.86. The van der Waals surface area contributed by atoms with Gasteiger partial charge in [-0.05, 0) is 95.4 Å². The average Bonchev–Trinajstić information content (AvgIpc) is 2.83. The zero-order valence-corrected chi connectivity index (χ0v) is 22.6. The first kappa shape index (κ1) is 26.2. The Morgan fingerprint density at radius 1 is 0.889 bits per heavy atom. The summed E-state index contributed by atoms with van der Waals surface area (Å²) in [6.45, 7) is 0. The van der Waals surface area contributed by atoms with E-state index in [-0.39, 0.29) is 26.9 Å². The lowest BCUT2D eigenvalue weighted by molar-refractivity contribution is 0.102. The average molecular weight is 657 g/mol. The number of anilines is 2. The van der Waals surface area contributed by atoms with Crippen LogP contribution in [0.5, 0.6) is 11.5 Å². The Morgan fingerprint density at radius 2 is 1.58 bits per heavy atom. The number of rotatable bonds is 7. The molecule has 0 saturated heterocycles. The molecule has 0 aliphatic rings. The second kappa shape index (κ2) is 11.0. The molecule has 4 aromatic rings. The van der Waals surface area contributed by atoms with Crippen LogP contribution in [0.2, 0.25) is 10.0 Å². The molecule has 0 heterocycles. The molecule has 184 valence electrons. The van der Waals surface area contributed by atoms with Gasteiger partial charge in [0.2, 0.25) is 0 Å². The van der Waals surface area contributed by atoms with Crippen LogP contribution in [0.25, 0.3) is 0 Å². The minimum absolute atomic E-state index is 0.0285. The molecular weight excluding hydrogens is 641 g/mol. The highest BCUT2D eigenvalue weighted by Gasteiger charge is 2.20. The maximum atomic E-state index is 14.2. The van der Waals surface area contributed by atoms with Crippen LogP contribution < -0.4 is 14.8 Å². The third-order valence-corrected chi connectivity index (χ3v) is 7.45. The summed E-state index contributed by atoms with van der Waals surface area (Å²) in [5, 5.41) is 3.06. The molecule has 0 fully saturated rings. The normalized spacial score (nSPS) is 11.1. The molecule has 11 heteroatoms. The van der Waals surface area contributed by atoms with E-state index >= 15 is 0 Å². The molecule has 0 radical (unpaired) electrons. The van der Waals surface area contributed by atoms with Gasteiger partial charge in [0, 0.05) is 8.59 Å². The fourth-order valence-electron chi connectivity index (χ4n) is 3.12. The van der Waals surface area contributed by atoms with Crippen molar-refractivity contribution in [3.63, 3.8) is 0 Å². The van der Waals surface area contributed by atoms with Crippen LogP contribution in [0.4, 0.5) is 15.8 Å². The van der Waals surface area contributed by atoms with Gasteiger partial charge in [-0.25, -0.2) is 12.8 Å². The van der Waals surface area contributed by atoms with Gasteiger partial charge in [-0.15, -0.1) is 0 Å². The van der Waals surface area contributed by atoms with Gasteiger partial charge in [-0.1, -0.05) is 35.3 Å². The lowest BCUT2D eigenvalue weighted by Gasteiger charge is -2.14. The van der Waals surface area contributed by atoms with Crippen LogP contribution in [0, 0.1) is 9.39 Å². The first-order valence-corrected chi connectivity index (χ1v) is 13.6. The van der Waals surface area contributed by atoms with Crippen LogP contribution in [0.3, 0.4) is 0 Å². The van der Waals surface area contributed by atoms with Crippen LogP contribution >= 0.6 is 45.8 Å². The molecule has 0 aromatic heterocycles. The second-order valence-electron chi connectivity index (χ2n) is 7.38. The van der Waals surface area contributed by atoms with Crippen molar-refractivity contribution in [1.29, 1.82) is 0 Å². The number of benzene rings is 4. The molecule has 4 aromatic carbocycles. The number of hydrogen-bond donors (Lipinski definition) is 2.